The quantitative estimate of drug-likeness (QED) is 0.401. The highest BCUT2D eigenvalue weighted by atomic mass is 127. The van der Waals surface area contributed by atoms with Crippen molar-refractivity contribution in [3.05, 3.63) is 47.2 Å². The van der Waals surface area contributed by atoms with Crippen LogP contribution in [0.1, 0.15) is 34.8 Å². The first-order valence-electron chi connectivity index (χ1n) is 9.36. The van der Waals surface area contributed by atoms with Gasteiger partial charge in [-0.3, -0.25) is 4.79 Å². The number of aromatic nitrogens is 4. The number of rotatable bonds is 4. The first-order valence-corrected chi connectivity index (χ1v) is 11.2. The lowest BCUT2D eigenvalue weighted by Crippen LogP contribution is -2.45. The Morgan fingerprint density at radius 2 is 2.00 bits per heavy atom. The SMILES string of the molecule is O=C(c1cnn(-c2nccc(-c3cccs3)n2)c1C1CC1)N1CCN(I)CC1. The number of hydrogen-bond donors (Lipinski definition) is 0. The molecule has 5 rings (SSSR count). The Morgan fingerprint density at radius 3 is 2.71 bits per heavy atom. The Balaban J connectivity index is 1.50. The van der Waals surface area contributed by atoms with Crippen LogP contribution in [-0.2, 0) is 0 Å². The molecule has 0 radical (unpaired) electrons. The van der Waals surface area contributed by atoms with Gasteiger partial charge in [-0.05, 0) is 30.4 Å². The molecule has 3 aromatic rings. The molecule has 1 aliphatic heterocycles. The predicted octanol–water partition coefficient (Wildman–Crippen LogP) is 3.38. The maximum Gasteiger partial charge on any atom is 0.257 e. The van der Waals surface area contributed by atoms with Crippen LogP contribution in [0, 0.1) is 0 Å². The van der Waals surface area contributed by atoms with Crippen LogP contribution in [0.2, 0.25) is 0 Å². The van der Waals surface area contributed by atoms with Gasteiger partial charge in [0.15, 0.2) is 0 Å². The molecule has 3 aromatic heterocycles. The van der Waals surface area contributed by atoms with Gasteiger partial charge in [0.25, 0.3) is 11.9 Å². The molecule has 4 heterocycles. The van der Waals surface area contributed by atoms with Crippen LogP contribution >= 0.6 is 34.2 Å². The van der Waals surface area contributed by atoms with Gasteiger partial charge < -0.3 is 4.90 Å². The average molecular weight is 506 g/mol. The lowest BCUT2D eigenvalue weighted by atomic mass is 10.1. The number of piperazine rings is 1. The molecule has 0 N–H and O–H groups in total. The smallest absolute Gasteiger partial charge is 0.257 e. The fraction of sp³-hybridized carbons (Fsp3) is 0.368. The molecule has 0 aromatic carbocycles. The van der Waals surface area contributed by atoms with Crippen molar-refractivity contribution in [3.63, 3.8) is 0 Å². The second-order valence-corrected chi connectivity index (χ2v) is 9.36. The van der Waals surface area contributed by atoms with E-state index >= 15 is 0 Å². The number of thiophene rings is 1. The highest BCUT2D eigenvalue weighted by Gasteiger charge is 2.35. The molecule has 2 fully saturated rings. The van der Waals surface area contributed by atoms with Gasteiger partial charge in [-0.1, -0.05) is 6.07 Å². The van der Waals surface area contributed by atoms with Crippen LogP contribution in [0.5, 0.6) is 0 Å². The van der Waals surface area contributed by atoms with Crippen LogP contribution in [0.25, 0.3) is 16.5 Å². The number of amides is 1. The maximum atomic E-state index is 13.2. The summed E-state index contributed by atoms with van der Waals surface area (Å²) >= 11 is 3.96. The van der Waals surface area contributed by atoms with Gasteiger partial charge >= 0.3 is 0 Å². The van der Waals surface area contributed by atoms with Crippen molar-refractivity contribution < 1.29 is 4.79 Å². The minimum atomic E-state index is 0.0760. The largest absolute Gasteiger partial charge is 0.336 e. The molecule has 0 bridgehead atoms. The van der Waals surface area contributed by atoms with Crippen molar-refractivity contribution in [2.24, 2.45) is 0 Å². The second kappa shape index (κ2) is 7.53. The third kappa shape index (κ3) is 3.46. The summed E-state index contributed by atoms with van der Waals surface area (Å²) in [5.41, 5.74) is 2.54. The highest BCUT2D eigenvalue weighted by molar-refractivity contribution is 14.1. The van der Waals surface area contributed by atoms with E-state index in [9.17, 15) is 4.79 Å². The van der Waals surface area contributed by atoms with Crippen LogP contribution in [-0.4, -0.2) is 59.8 Å². The molecular weight excluding hydrogens is 487 g/mol. The summed E-state index contributed by atoms with van der Waals surface area (Å²) < 4.78 is 3.99. The van der Waals surface area contributed by atoms with Crippen LogP contribution in [0.3, 0.4) is 0 Å². The zero-order valence-corrected chi connectivity index (χ0v) is 18.1. The normalized spacial score (nSPS) is 17.8. The Bertz CT molecular complexity index is 992. The Hall–Kier alpha value is -1.85. The zero-order chi connectivity index (χ0) is 19.1. The molecule has 0 unspecified atom stereocenters. The van der Waals surface area contributed by atoms with Gasteiger partial charge in [-0.2, -0.15) is 5.10 Å². The van der Waals surface area contributed by atoms with Gasteiger partial charge in [0.2, 0.25) is 0 Å². The molecular formula is C19H19IN6OS. The van der Waals surface area contributed by atoms with Crippen LogP contribution in [0.4, 0.5) is 0 Å². The summed E-state index contributed by atoms with van der Waals surface area (Å²) in [5, 5.41) is 6.57. The van der Waals surface area contributed by atoms with Gasteiger partial charge in [-0.25, -0.2) is 17.8 Å². The average Bonchev–Trinajstić information content (AvgIpc) is 3.24. The van der Waals surface area contributed by atoms with E-state index in [2.05, 4.69) is 36.1 Å². The minimum absolute atomic E-state index is 0.0760. The molecule has 1 saturated carbocycles. The molecule has 28 heavy (non-hydrogen) atoms. The molecule has 2 aliphatic rings. The molecule has 7 nitrogen and oxygen atoms in total. The molecule has 144 valence electrons. The van der Waals surface area contributed by atoms with Crippen LogP contribution in [0.15, 0.2) is 36.0 Å². The third-order valence-electron chi connectivity index (χ3n) is 5.12. The van der Waals surface area contributed by atoms with Crippen molar-refractivity contribution in [1.29, 1.82) is 0 Å². The molecule has 1 saturated heterocycles. The van der Waals surface area contributed by atoms with E-state index in [1.807, 2.05) is 28.5 Å². The lowest BCUT2D eigenvalue weighted by Gasteiger charge is -2.31. The first-order chi connectivity index (χ1) is 13.7. The van der Waals surface area contributed by atoms with Gasteiger partial charge in [0.1, 0.15) is 0 Å². The molecule has 0 spiro atoms. The van der Waals surface area contributed by atoms with E-state index in [-0.39, 0.29) is 5.91 Å². The molecule has 1 aliphatic carbocycles. The zero-order valence-electron chi connectivity index (χ0n) is 15.2. The number of carbonyl (C=O) groups is 1. The van der Waals surface area contributed by atoms with E-state index < -0.39 is 0 Å². The molecule has 9 heteroatoms. The Labute approximate surface area is 180 Å². The summed E-state index contributed by atoms with van der Waals surface area (Å²) in [5.74, 6) is 0.970. The first kappa shape index (κ1) is 18.2. The fourth-order valence-corrected chi connectivity index (χ4v) is 4.63. The second-order valence-electron chi connectivity index (χ2n) is 7.05. The fourth-order valence-electron chi connectivity index (χ4n) is 3.50. The lowest BCUT2D eigenvalue weighted by molar-refractivity contribution is 0.0710. The van der Waals surface area contributed by atoms with E-state index in [1.165, 1.54) is 0 Å². The van der Waals surface area contributed by atoms with Gasteiger partial charge in [0, 0.05) is 61.2 Å². The van der Waals surface area contributed by atoms with E-state index in [4.69, 9.17) is 4.98 Å². The predicted molar refractivity (Wildman–Crippen MR) is 116 cm³/mol. The topological polar surface area (TPSA) is 67.2 Å². The highest BCUT2D eigenvalue weighted by Crippen LogP contribution is 2.42. The minimum Gasteiger partial charge on any atom is -0.336 e. The van der Waals surface area contributed by atoms with Gasteiger partial charge in [-0.15, -0.1) is 11.3 Å². The standard InChI is InChI=1S/C19H19IN6OS/c20-25-9-7-24(8-10-25)18(27)14-12-22-26(17(14)13-3-4-13)19-21-6-5-15(23-19)16-2-1-11-28-16/h1-2,5-6,11-13H,3-4,7-10H2. The summed E-state index contributed by atoms with van der Waals surface area (Å²) in [4.78, 5) is 25.4. The summed E-state index contributed by atoms with van der Waals surface area (Å²) in [7, 11) is 0. The van der Waals surface area contributed by atoms with Gasteiger partial charge in [0.05, 0.1) is 28.0 Å². The Morgan fingerprint density at radius 1 is 1.18 bits per heavy atom. The van der Waals surface area contributed by atoms with Crippen molar-refractivity contribution in [1.82, 2.24) is 27.8 Å². The summed E-state index contributed by atoms with van der Waals surface area (Å²) in [6.45, 7) is 3.29. The molecule has 0 atom stereocenters. The summed E-state index contributed by atoms with van der Waals surface area (Å²) in [6.07, 6.45) is 5.63. The summed E-state index contributed by atoms with van der Waals surface area (Å²) in [6, 6.07) is 5.96. The monoisotopic (exact) mass is 506 g/mol. The third-order valence-corrected chi connectivity index (χ3v) is 6.98. The van der Waals surface area contributed by atoms with Crippen molar-refractivity contribution in [3.8, 4) is 16.5 Å². The maximum absolute atomic E-state index is 13.2. The van der Waals surface area contributed by atoms with E-state index in [0.29, 0.717) is 17.4 Å². The van der Waals surface area contributed by atoms with Crippen LogP contribution < -0.4 is 0 Å². The number of halogens is 1. The van der Waals surface area contributed by atoms with E-state index in [0.717, 1.165) is 55.3 Å². The Kier molecular flexibility index (Phi) is 4.89. The van der Waals surface area contributed by atoms with Crippen molar-refractivity contribution in [2.45, 2.75) is 18.8 Å². The number of hydrogen-bond acceptors (Lipinski definition) is 6. The van der Waals surface area contributed by atoms with E-state index in [1.54, 1.807) is 28.4 Å². The van der Waals surface area contributed by atoms with Crippen molar-refractivity contribution in [2.75, 3.05) is 26.2 Å². The van der Waals surface area contributed by atoms with Crippen molar-refractivity contribution >= 4 is 40.1 Å². The molecule has 1 amide bonds. The number of carbonyl (C=O) groups excluding carboxylic acids is 1. The number of nitrogens with zero attached hydrogens (tertiary/aromatic N) is 6.